The van der Waals surface area contributed by atoms with Gasteiger partial charge in [0.05, 0.1) is 11.6 Å². The second kappa shape index (κ2) is 6.17. The Hall–Kier alpha value is -2.37. The Balaban J connectivity index is 2.13. The third-order valence-electron chi connectivity index (χ3n) is 3.17. The highest BCUT2D eigenvalue weighted by Gasteiger charge is 2.30. The summed E-state index contributed by atoms with van der Waals surface area (Å²) in [5.41, 5.74) is -0.196. The molecule has 2 rings (SSSR count). The molecule has 1 N–H and O–H groups in total. The van der Waals surface area contributed by atoms with Crippen LogP contribution in [0.5, 0.6) is 0 Å². The number of halogens is 4. The predicted octanol–water partition coefficient (Wildman–Crippen LogP) is 4.34. The van der Waals surface area contributed by atoms with Crippen molar-refractivity contribution in [2.75, 3.05) is 0 Å². The van der Waals surface area contributed by atoms with Crippen LogP contribution >= 0.6 is 0 Å². The van der Waals surface area contributed by atoms with Crippen LogP contribution in [-0.2, 0) is 6.18 Å². The van der Waals surface area contributed by atoms with E-state index in [-0.39, 0.29) is 5.56 Å². The molecule has 2 aromatic carbocycles. The second-order valence-electron chi connectivity index (χ2n) is 4.83. The van der Waals surface area contributed by atoms with Gasteiger partial charge in [-0.1, -0.05) is 12.1 Å². The lowest BCUT2D eigenvalue weighted by Crippen LogP contribution is -2.26. The summed E-state index contributed by atoms with van der Waals surface area (Å²) in [7, 11) is 0. The van der Waals surface area contributed by atoms with Crippen LogP contribution in [0.25, 0.3) is 0 Å². The van der Waals surface area contributed by atoms with E-state index in [1.807, 2.05) is 0 Å². The van der Waals surface area contributed by atoms with Gasteiger partial charge in [-0.25, -0.2) is 4.39 Å². The van der Waals surface area contributed by atoms with Crippen LogP contribution in [-0.4, -0.2) is 5.91 Å². The highest BCUT2D eigenvalue weighted by Crippen LogP contribution is 2.30. The molecule has 22 heavy (non-hydrogen) atoms. The van der Waals surface area contributed by atoms with Gasteiger partial charge < -0.3 is 5.32 Å². The Morgan fingerprint density at radius 3 is 2.32 bits per heavy atom. The molecule has 0 saturated heterocycles. The SMILES string of the molecule is CC(NC(=O)c1ccc(F)cc1)c1cccc(C(F)(F)F)c1. The van der Waals surface area contributed by atoms with Crippen LogP contribution < -0.4 is 5.32 Å². The summed E-state index contributed by atoms with van der Waals surface area (Å²) < 4.78 is 50.8. The Kier molecular flexibility index (Phi) is 4.49. The molecule has 2 aromatic rings. The number of benzene rings is 2. The fourth-order valence-electron chi connectivity index (χ4n) is 1.95. The van der Waals surface area contributed by atoms with Crippen molar-refractivity contribution in [2.45, 2.75) is 19.1 Å². The Bertz CT molecular complexity index is 665. The number of carbonyl (C=O) groups is 1. The van der Waals surface area contributed by atoms with Crippen molar-refractivity contribution < 1.29 is 22.4 Å². The van der Waals surface area contributed by atoms with Gasteiger partial charge in [-0.3, -0.25) is 4.79 Å². The number of nitrogens with one attached hydrogen (secondary N) is 1. The molecule has 1 amide bonds. The molecule has 0 bridgehead atoms. The van der Waals surface area contributed by atoms with E-state index >= 15 is 0 Å². The van der Waals surface area contributed by atoms with Gasteiger partial charge in [-0.2, -0.15) is 13.2 Å². The summed E-state index contributed by atoms with van der Waals surface area (Å²) in [5, 5.41) is 2.58. The highest BCUT2D eigenvalue weighted by molar-refractivity contribution is 5.94. The van der Waals surface area contributed by atoms with Crippen LogP contribution in [0.3, 0.4) is 0 Å². The van der Waals surface area contributed by atoms with Crippen molar-refractivity contribution in [3.8, 4) is 0 Å². The number of amides is 1. The van der Waals surface area contributed by atoms with Gasteiger partial charge in [0.25, 0.3) is 5.91 Å². The van der Waals surface area contributed by atoms with E-state index in [4.69, 9.17) is 0 Å². The maximum absolute atomic E-state index is 12.8. The van der Waals surface area contributed by atoms with Gasteiger partial charge in [0.15, 0.2) is 0 Å². The van der Waals surface area contributed by atoms with Crippen molar-refractivity contribution in [2.24, 2.45) is 0 Å². The minimum atomic E-state index is -4.43. The lowest BCUT2D eigenvalue weighted by atomic mass is 10.0. The van der Waals surface area contributed by atoms with E-state index in [9.17, 15) is 22.4 Å². The van der Waals surface area contributed by atoms with E-state index in [0.717, 1.165) is 24.3 Å². The first-order chi connectivity index (χ1) is 10.3. The average molecular weight is 311 g/mol. The topological polar surface area (TPSA) is 29.1 Å². The number of rotatable bonds is 3. The van der Waals surface area contributed by atoms with Gasteiger partial charge in [0, 0.05) is 5.56 Å². The Morgan fingerprint density at radius 1 is 1.09 bits per heavy atom. The summed E-state index contributed by atoms with van der Waals surface area (Å²) in [6, 6.07) is 9.05. The largest absolute Gasteiger partial charge is 0.416 e. The fraction of sp³-hybridized carbons (Fsp3) is 0.188. The first-order valence-electron chi connectivity index (χ1n) is 6.51. The Morgan fingerprint density at radius 2 is 1.73 bits per heavy atom. The summed E-state index contributed by atoms with van der Waals surface area (Å²) in [4.78, 5) is 12.0. The lowest BCUT2D eigenvalue weighted by Gasteiger charge is -2.16. The van der Waals surface area contributed by atoms with Crippen LogP contribution in [0.4, 0.5) is 17.6 Å². The maximum atomic E-state index is 12.8. The smallest absolute Gasteiger partial charge is 0.346 e. The molecule has 0 aromatic heterocycles. The van der Waals surface area contributed by atoms with Crippen LogP contribution in [0, 0.1) is 5.82 Å². The standard InChI is InChI=1S/C16H13F4NO/c1-10(12-3-2-4-13(9-12)16(18,19)20)21-15(22)11-5-7-14(17)8-6-11/h2-10H,1H3,(H,21,22). The molecule has 0 radical (unpaired) electrons. The van der Waals surface area contributed by atoms with Gasteiger partial charge in [0.1, 0.15) is 5.82 Å². The Labute approximate surface area is 124 Å². The highest BCUT2D eigenvalue weighted by atomic mass is 19.4. The molecule has 0 aliphatic rings. The number of hydrogen-bond donors (Lipinski definition) is 1. The van der Waals surface area contributed by atoms with Crippen LogP contribution in [0.2, 0.25) is 0 Å². The van der Waals surface area contributed by atoms with Gasteiger partial charge in [0.2, 0.25) is 0 Å². The lowest BCUT2D eigenvalue weighted by molar-refractivity contribution is -0.137. The molecule has 0 aliphatic heterocycles. The molecule has 1 atom stereocenters. The maximum Gasteiger partial charge on any atom is 0.416 e. The average Bonchev–Trinajstić information content (AvgIpc) is 2.47. The van der Waals surface area contributed by atoms with Gasteiger partial charge in [-0.05, 0) is 48.9 Å². The molecule has 0 aliphatic carbocycles. The fourth-order valence-corrected chi connectivity index (χ4v) is 1.95. The molecule has 2 nitrogen and oxygen atoms in total. The molecular weight excluding hydrogens is 298 g/mol. The summed E-state index contributed by atoms with van der Waals surface area (Å²) in [6.07, 6.45) is -4.43. The van der Waals surface area contributed by atoms with Crippen molar-refractivity contribution >= 4 is 5.91 Å². The quantitative estimate of drug-likeness (QED) is 0.840. The third kappa shape index (κ3) is 3.84. The molecule has 6 heteroatoms. The normalized spacial score (nSPS) is 12.8. The summed E-state index contributed by atoms with van der Waals surface area (Å²) in [5.74, 6) is -0.951. The summed E-state index contributed by atoms with van der Waals surface area (Å²) >= 11 is 0. The molecule has 1 unspecified atom stereocenters. The number of carbonyl (C=O) groups excluding carboxylic acids is 1. The third-order valence-corrected chi connectivity index (χ3v) is 3.17. The zero-order valence-electron chi connectivity index (χ0n) is 11.6. The molecule has 0 fully saturated rings. The second-order valence-corrected chi connectivity index (χ2v) is 4.83. The minimum Gasteiger partial charge on any atom is -0.346 e. The minimum absolute atomic E-state index is 0.236. The zero-order valence-corrected chi connectivity index (χ0v) is 11.6. The number of alkyl halides is 3. The molecule has 116 valence electrons. The van der Waals surface area contributed by atoms with E-state index in [1.54, 1.807) is 6.92 Å². The van der Waals surface area contributed by atoms with Crippen LogP contribution in [0.1, 0.15) is 34.5 Å². The van der Waals surface area contributed by atoms with Gasteiger partial charge in [-0.15, -0.1) is 0 Å². The zero-order chi connectivity index (χ0) is 16.3. The summed E-state index contributed by atoms with van der Waals surface area (Å²) in [6.45, 7) is 1.58. The van der Waals surface area contributed by atoms with Crippen molar-refractivity contribution in [3.63, 3.8) is 0 Å². The van der Waals surface area contributed by atoms with Crippen molar-refractivity contribution in [1.29, 1.82) is 0 Å². The predicted molar refractivity (Wildman–Crippen MR) is 73.7 cm³/mol. The molecule has 0 saturated carbocycles. The van der Waals surface area contributed by atoms with Gasteiger partial charge >= 0.3 is 6.18 Å². The van der Waals surface area contributed by atoms with Crippen molar-refractivity contribution in [3.05, 3.63) is 71.0 Å². The molecular formula is C16H13F4NO. The van der Waals surface area contributed by atoms with E-state index in [2.05, 4.69) is 5.32 Å². The monoisotopic (exact) mass is 311 g/mol. The van der Waals surface area contributed by atoms with E-state index < -0.39 is 29.5 Å². The first kappa shape index (κ1) is 16.0. The van der Waals surface area contributed by atoms with E-state index in [0.29, 0.717) is 5.56 Å². The molecule has 0 heterocycles. The van der Waals surface area contributed by atoms with E-state index in [1.165, 1.54) is 24.3 Å². The van der Waals surface area contributed by atoms with Crippen LogP contribution in [0.15, 0.2) is 48.5 Å². The molecule has 0 spiro atoms. The van der Waals surface area contributed by atoms with Crippen molar-refractivity contribution in [1.82, 2.24) is 5.32 Å². The first-order valence-corrected chi connectivity index (χ1v) is 6.51. The number of hydrogen-bond acceptors (Lipinski definition) is 1.